The van der Waals surface area contributed by atoms with E-state index in [0.717, 1.165) is 24.2 Å². The summed E-state index contributed by atoms with van der Waals surface area (Å²) in [5, 5.41) is 0. The SMILES string of the molecule is CN(C)C(=O)C(CCN)C12CC3CC(CC(C3)C1)C2. The number of hydrogen-bond acceptors (Lipinski definition) is 2. The van der Waals surface area contributed by atoms with Crippen molar-refractivity contribution >= 4 is 5.91 Å². The third-order valence-electron chi connectivity index (χ3n) is 6.02. The number of amides is 1. The molecule has 0 aromatic carbocycles. The van der Waals surface area contributed by atoms with Crippen LogP contribution in [0.5, 0.6) is 0 Å². The molecule has 108 valence electrons. The van der Waals surface area contributed by atoms with Gasteiger partial charge in [-0.2, -0.15) is 0 Å². The predicted molar refractivity (Wildman–Crippen MR) is 76.5 cm³/mol. The van der Waals surface area contributed by atoms with E-state index in [0.29, 0.717) is 17.9 Å². The summed E-state index contributed by atoms with van der Waals surface area (Å²) in [4.78, 5) is 14.4. The number of hydrogen-bond donors (Lipinski definition) is 1. The monoisotopic (exact) mass is 264 g/mol. The Balaban J connectivity index is 1.86. The van der Waals surface area contributed by atoms with Gasteiger partial charge in [-0.25, -0.2) is 0 Å². The Hall–Kier alpha value is -0.570. The fourth-order valence-corrected chi connectivity index (χ4v) is 5.77. The van der Waals surface area contributed by atoms with Gasteiger partial charge in [0.25, 0.3) is 0 Å². The molecule has 0 heterocycles. The first-order chi connectivity index (χ1) is 9.04. The van der Waals surface area contributed by atoms with Crippen LogP contribution in [0.3, 0.4) is 0 Å². The molecule has 4 aliphatic carbocycles. The van der Waals surface area contributed by atoms with Crippen LogP contribution in [0.4, 0.5) is 0 Å². The average Bonchev–Trinajstić information content (AvgIpc) is 2.33. The standard InChI is InChI=1S/C16H28N2O/c1-18(2)15(19)14(3-4-17)16-8-11-5-12(9-16)7-13(6-11)10-16/h11-14H,3-10,17H2,1-2H3. The minimum Gasteiger partial charge on any atom is -0.349 e. The lowest BCUT2D eigenvalue weighted by molar-refractivity contribution is -0.149. The maximum Gasteiger partial charge on any atom is 0.225 e. The Morgan fingerprint density at radius 3 is 2.00 bits per heavy atom. The topological polar surface area (TPSA) is 46.3 Å². The molecular formula is C16H28N2O. The maximum absolute atomic E-state index is 12.6. The van der Waals surface area contributed by atoms with Crippen LogP contribution in [0.25, 0.3) is 0 Å². The van der Waals surface area contributed by atoms with E-state index in [2.05, 4.69) is 0 Å². The largest absolute Gasteiger partial charge is 0.349 e. The molecule has 0 radical (unpaired) electrons. The molecule has 1 amide bonds. The second-order valence-electron chi connectivity index (χ2n) is 7.64. The maximum atomic E-state index is 12.6. The smallest absolute Gasteiger partial charge is 0.225 e. The van der Waals surface area contributed by atoms with Crippen LogP contribution < -0.4 is 5.73 Å². The van der Waals surface area contributed by atoms with E-state index >= 15 is 0 Å². The quantitative estimate of drug-likeness (QED) is 0.846. The van der Waals surface area contributed by atoms with Gasteiger partial charge in [0.1, 0.15) is 0 Å². The van der Waals surface area contributed by atoms with Gasteiger partial charge in [0.05, 0.1) is 0 Å². The molecule has 0 aromatic heterocycles. The predicted octanol–water partition coefficient (Wildman–Crippen LogP) is 2.26. The normalized spacial score (nSPS) is 41.3. The van der Waals surface area contributed by atoms with Gasteiger partial charge in [0, 0.05) is 20.0 Å². The van der Waals surface area contributed by atoms with Crippen molar-refractivity contribution in [1.82, 2.24) is 4.90 Å². The third kappa shape index (κ3) is 2.20. The molecule has 1 unspecified atom stereocenters. The highest BCUT2D eigenvalue weighted by atomic mass is 16.2. The summed E-state index contributed by atoms with van der Waals surface area (Å²) in [6.07, 6.45) is 9.07. The molecule has 0 spiro atoms. The fourth-order valence-electron chi connectivity index (χ4n) is 5.77. The Morgan fingerprint density at radius 1 is 1.16 bits per heavy atom. The molecule has 4 rings (SSSR count). The van der Waals surface area contributed by atoms with Crippen molar-refractivity contribution in [2.75, 3.05) is 20.6 Å². The van der Waals surface area contributed by atoms with Crippen molar-refractivity contribution in [1.29, 1.82) is 0 Å². The van der Waals surface area contributed by atoms with Crippen molar-refractivity contribution in [3.8, 4) is 0 Å². The molecular weight excluding hydrogens is 236 g/mol. The summed E-state index contributed by atoms with van der Waals surface area (Å²) in [5.41, 5.74) is 6.12. The zero-order chi connectivity index (χ0) is 13.6. The lowest BCUT2D eigenvalue weighted by Gasteiger charge is -2.59. The summed E-state index contributed by atoms with van der Waals surface area (Å²) < 4.78 is 0. The first-order valence-corrected chi connectivity index (χ1v) is 7.95. The fraction of sp³-hybridized carbons (Fsp3) is 0.938. The molecule has 3 heteroatoms. The summed E-state index contributed by atoms with van der Waals surface area (Å²) in [5.74, 6) is 3.22. The lowest BCUT2D eigenvalue weighted by atomic mass is 9.46. The molecule has 0 aliphatic heterocycles. The van der Waals surface area contributed by atoms with E-state index in [9.17, 15) is 4.79 Å². The van der Waals surface area contributed by atoms with Crippen LogP contribution in [0.15, 0.2) is 0 Å². The second kappa shape index (κ2) is 4.76. The second-order valence-corrected chi connectivity index (χ2v) is 7.64. The molecule has 2 N–H and O–H groups in total. The van der Waals surface area contributed by atoms with Crippen molar-refractivity contribution in [2.24, 2.45) is 34.8 Å². The minimum absolute atomic E-state index is 0.181. The lowest BCUT2D eigenvalue weighted by Crippen LogP contribution is -2.53. The number of carbonyl (C=O) groups excluding carboxylic acids is 1. The van der Waals surface area contributed by atoms with Crippen molar-refractivity contribution in [3.05, 3.63) is 0 Å². The number of carbonyl (C=O) groups is 1. The Bertz CT molecular complexity index is 328. The molecule has 1 atom stereocenters. The molecule has 0 saturated heterocycles. The van der Waals surface area contributed by atoms with Crippen LogP contribution >= 0.6 is 0 Å². The van der Waals surface area contributed by atoms with E-state index in [4.69, 9.17) is 5.73 Å². The third-order valence-corrected chi connectivity index (χ3v) is 6.02. The van der Waals surface area contributed by atoms with Gasteiger partial charge < -0.3 is 10.6 Å². The highest BCUT2D eigenvalue weighted by Crippen LogP contribution is 2.63. The molecule has 4 aliphatic rings. The van der Waals surface area contributed by atoms with Gasteiger partial charge in [0.15, 0.2) is 0 Å². The molecule has 0 aromatic rings. The Morgan fingerprint density at radius 2 is 1.63 bits per heavy atom. The highest BCUT2D eigenvalue weighted by molar-refractivity contribution is 5.79. The van der Waals surface area contributed by atoms with Crippen LogP contribution in [-0.4, -0.2) is 31.4 Å². The summed E-state index contributed by atoms with van der Waals surface area (Å²) >= 11 is 0. The first kappa shape index (κ1) is 13.4. The van der Waals surface area contributed by atoms with E-state index in [1.165, 1.54) is 38.5 Å². The summed E-state index contributed by atoms with van der Waals surface area (Å²) in [6, 6.07) is 0. The zero-order valence-corrected chi connectivity index (χ0v) is 12.4. The molecule has 3 nitrogen and oxygen atoms in total. The zero-order valence-electron chi connectivity index (χ0n) is 12.4. The number of rotatable bonds is 4. The van der Waals surface area contributed by atoms with Gasteiger partial charge in [-0.1, -0.05) is 0 Å². The highest BCUT2D eigenvalue weighted by Gasteiger charge is 2.55. The minimum atomic E-state index is 0.181. The van der Waals surface area contributed by atoms with E-state index < -0.39 is 0 Å². The van der Waals surface area contributed by atoms with E-state index in [1.54, 1.807) is 4.90 Å². The van der Waals surface area contributed by atoms with Gasteiger partial charge in [-0.05, 0) is 74.7 Å². The Labute approximate surface area is 116 Å². The first-order valence-electron chi connectivity index (χ1n) is 7.95. The number of nitrogens with two attached hydrogens (primary N) is 1. The summed E-state index contributed by atoms with van der Waals surface area (Å²) in [6.45, 7) is 0.645. The molecule has 4 saturated carbocycles. The molecule has 4 fully saturated rings. The molecule has 19 heavy (non-hydrogen) atoms. The summed E-state index contributed by atoms with van der Waals surface area (Å²) in [7, 11) is 3.79. The molecule has 4 bridgehead atoms. The van der Waals surface area contributed by atoms with Gasteiger partial charge in [-0.3, -0.25) is 4.79 Å². The van der Waals surface area contributed by atoms with Gasteiger partial charge in [-0.15, -0.1) is 0 Å². The van der Waals surface area contributed by atoms with Crippen molar-refractivity contribution in [2.45, 2.75) is 44.9 Å². The van der Waals surface area contributed by atoms with Crippen LogP contribution in [0, 0.1) is 29.1 Å². The van der Waals surface area contributed by atoms with Gasteiger partial charge in [0.2, 0.25) is 5.91 Å². The van der Waals surface area contributed by atoms with Crippen molar-refractivity contribution in [3.63, 3.8) is 0 Å². The van der Waals surface area contributed by atoms with E-state index in [-0.39, 0.29) is 5.92 Å². The van der Waals surface area contributed by atoms with E-state index in [1.807, 2.05) is 14.1 Å². The average molecular weight is 264 g/mol. The van der Waals surface area contributed by atoms with Crippen LogP contribution in [0.2, 0.25) is 0 Å². The van der Waals surface area contributed by atoms with Crippen molar-refractivity contribution < 1.29 is 4.79 Å². The number of nitrogens with zero attached hydrogens (tertiary/aromatic N) is 1. The van der Waals surface area contributed by atoms with Gasteiger partial charge >= 0.3 is 0 Å². The Kier molecular flexibility index (Phi) is 3.36. The van der Waals surface area contributed by atoms with Crippen LogP contribution in [-0.2, 0) is 4.79 Å². The van der Waals surface area contributed by atoms with Crippen LogP contribution in [0.1, 0.15) is 44.9 Å².